The van der Waals surface area contributed by atoms with Gasteiger partial charge in [0.25, 0.3) is 0 Å². The summed E-state index contributed by atoms with van der Waals surface area (Å²) in [5, 5.41) is 24.1. The zero-order valence-corrected chi connectivity index (χ0v) is 30.3. The van der Waals surface area contributed by atoms with Gasteiger partial charge in [-0.15, -0.1) is 0 Å². The summed E-state index contributed by atoms with van der Waals surface area (Å²) in [5.74, 6) is 0.0630. The van der Waals surface area contributed by atoms with Crippen molar-refractivity contribution >= 4 is 45.2 Å². The maximum absolute atomic E-state index is 11.7. The van der Waals surface area contributed by atoms with Crippen molar-refractivity contribution in [3.05, 3.63) is 106 Å². The van der Waals surface area contributed by atoms with E-state index < -0.39 is 5.97 Å². The van der Waals surface area contributed by atoms with E-state index in [0.29, 0.717) is 48.0 Å². The minimum Gasteiger partial charge on any atom is -0.481 e. The maximum Gasteiger partial charge on any atom is 0.307 e. The van der Waals surface area contributed by atoms with E-state index in [-0.39, 0.29) is 18.1 Å². The van der Waals surface area contributed by atoms with Crippen molar-refractivity contribution in [2.24, 2.45) is 5.92 Å². The highest BCUT2D eigenvalue weighted by Gasteiger charge is 2.37. The third-order valence-corrected chi connectivity index (χ3v) is 11.7. The molecule has 5 heterocycles. The van der Waals surface area contributed by atoms with Crippen molar-refractivity contribution in [3.63, 3.8) is 0 Å². The molecule has 3 aromatic carbocycles. The smallest absolute Gasteiger partial charge is 0.307 e. The largest absolute Gasteiger partial charge is 0.481 e. The topological polar surface area (TPSA) is 132 Å². The number of hydrogen-bond donors (Lipinski definition) is 3. The average Bonchev–Trinajstić information content (AvgIpc) is 3.99. The summed E-state index contributed by atoms with van der Waals surface area (Å²) in [4.78, 5) is 34.6. The van der Waals surface area contributed by atoms with Crippen LogP contribution < -0.4 is 5.32 Å². The van der Waals surface area contributed by atoms with E-state index in [1.807, 2.05) is 30.5 Å². The number of carboxylic acid groups (broad SMARTS) is 1. The van der Waals surface area contributed by atoms with Gasteiger partial charge < -0.3 is 19.9 Å². The first-order valence-electron chi connectivity index (χ1n) is 18.7. The number of oxazole rings is 1. The number of β-amino-alcohol motifs (C(OH)–C–C–N with tert-alkyl or cyclic N) is 1. The van der Waals surface area contributed by atoms with Gasteiger partial charge in [-0.2, -0.15) is 0 Å². The van der Waals surface area contributed by atoms with Gasteiger partial charge in [0.1, 0.15) is 5.52 Å². The molecule has 0 amide bonds. The number of aliphatic carboxylic acids is 1. The van der Waals surface area contributed by atoms with Crippen molar-refractivity contribution in [1.82, 2.24) is 24.8 Å². The highest BCUT2D eigenvalue weighted by Crippen LogP contribution is 2.47. The fourth-order valence-corrected chi connectivity index (χ4v) is 8.84. The van der Waals surface area contributed by atoms with E-state index in [9.17, 15) is 15.0 Å². The summed E-state index contributed by atoms with van der Waals surface area (Å²) in [6.45, 7) is 15.9. The van der Waals surface area contributed by atoms with Gasteiger partial charge in [0.05, 0.1) is 24.1 Å². The molecule has 2 aliphatic heterocycles. The molecule has 0 spiro atoms. The summed E-state index contributed by atoms with van der Waals surface area (Å²) in [7, 11) is 0. The van der Waals surface area contributed by atoms with Crippen molar-refractivity contribution in [2.45, 2.75) is 58.2 Å². The van der Waals surface area contributed by atoms with Crippen LogP contribution in [-0.4, -0.2) is 73.2 Å². The van der Waals surface area contributed by atoms with Crippen LogP contribution in [0.1, 0.15) is 53.1 Å². The molecule has 9 rings (SSSR count). The van der Waals surface area contributed by atoms with E-state index in [2.05, 4.69) is 69.1 Å². The SMILES string of the molecule is [C-]#[N+]c1c2c(cc3nc(-c4cccc(-c5cccc(Nc6nccc7cc(CN8CC[C@@H](O)C8)cnc67)c5C)c4C)oc13)C(N1CC[C@@H](C(=O)O)C1)CC2. The molecule has 3 aliphatic rings. The zero-order chi connectivity index (χ0) is 37.1. The Balaban J connectivity index is 1.01. The quantitative estimate of drug-likeness (QED) is 0.133. The fraction of sp³-hybridized carbons (Fsp3) is 0.326. The highest BCUT2D eigenvalue weighted by molar-refractivity contribution is 5.94. The number of aromatic nitrogens is 3. The summed E-state index contributed by atoms with van der Waals surface area (Å²) < 4.78 is 6.45. The van der Waals surface area contributed by atoms with Crippen molar-refractivity contribution in [1.29, 1.82) is 0 Å². The van der Waals surface area contributed by atoms with E-state index >= 15 is 0 Å². The lowest BCUT2D eigenvalue weighted by molar-refractivity contribution is -0.141. The molecule has 2 fully saturated rings. The molecule has 54 heavy (non-hydrogen) atoms. The number of hydrogen-bond acceptors (Lipinski definition) is 9. The highest BCUT2D eigenvalue weighted by atomic mass is 16.4. The Kier molecular flexibility index (Phi) is 8.61. The van der Waals surface area contributed by atoms with Gasteiger partial charge >= 0.3 is 5.97 Å². The van der Waals surface area contributed by atoms with Gasteiger partial charge in [0.2, 0.25) is 11.6 Å². The third kappa shape index (κ3) is 5.97. The zero-order valence-electron chi connectivity index (χ0n) is 30.3. The van der Waals surface area contributed by atoms with Crippen molar-refractivity contribution in [3.8, 4) is 22.6 Å². The van der Waals surface area contributed by atoms with Crippen LogP contribution in [0.25, 0.3) is 49.4 Å². The number of nitrogens with one attached hydrogen (secondary N) is 1. The Morgan fingerprint density at radius 1 is 1.00 bits per heavy atom. The molecule has 1 aliphatic carbocycles. The number of nitrogens with zero attached hydrogens (tertiary/aromatic N) is 6. The number of fused-ring (bicyclic) bond motifs is 3. The lowest BCUT2D eigenvalue weighted by Gasteiger charge is -2.24. The molecule has 11 heteroatoms. The summed E-state index contributed by atoms with van der Waals surface area (Å²) in [6.07, 6.45) is 6.52. The molecular weight excluding hydrogens is 679 g/mol. The second-order valence-corrected chi connectivity index (χ2v) is 15.0. The van der Waals surface area contributed by atoms with E-state index in [1.54, 1.807) is 6.20 Å². The van der Waals surface area contributed by atoms with Crippen LogP contribution in [0.15, 0.2) is 71.4 Å². The summed E-state index contributed by atoms with van der Waals surface area (Å²) >= 11 is 0. The number of likely N-dealkylation sites (tertiary alicyclic amines) is 2. The van der Waals surface area contributed by atoms with Crippen LogP contribution in [0.5, 0.6) is 0 Å². The number of benzene rings is 3. The molecule has 3 N–H and O–H groups in total. The van der Waals surface area contributed by atoms with Gasteiger partial charge in [0.15, 0.2) is 11.4 Å². The molecule has 2 saturated heterocycles. The molecule has 0 radical (unpaired) electrons. The fourth-order valence-electron chi connectivity index (χ4n) is 8.84. The number of rotatable bonds is 8. The normalized spacial score (nSPS) is 20.1. The Labute approximate surface area is 313 Å². The summed E-state index contributed by atoms with van der Waals surface area (Å²) in [6, 6.07) is 18.6. The minimum atomic E-state index is -0.741. The molecule has 3 atom stereocenters. The number of carboxylic acids is 1. The first kappa shape index (κ1) is 34.1. The number of aliphatic hydroxyl groups excluding tert-OH is 1. The van der Waals surface area contributed by atoms with Gasteiger partial charge in [-0.3, -0.25) is 19.6 Å². The third-order valence-electron chi connectivity index (χ3n) is 11.7. The monoisotopic (exact) mass is 719 g/mol. The van der Waals surface area contributed by atoms with Gasteiger partial charge in [-0.05, 0) is 115 Å². The first-order valence-corrected chi connectivity index (χ1v) is 18.7. The number of anilines is 2. The standard InChI is InChI=1S/C43H41N7O4/c1-24-30(31-7-5-9-35(25(31)2)47-41-38-27(12-15-45-41)18-26(20-46-38)21-49-16-14-29(51)23-49)6-4-8-32(24)42-48-36-19-34-33(39(44-3)40(36)54-42)10-11-37(34)50-17-13-28(22-50)43(52)53/h4-9,12,15,18-20,28-29,37,51H,10-11,13-14,16-17,21-23H2,1-2H3,(H,45,47)(H,52,53)/t28-,29-,37?/m1/s1. The second-order valence-electron chi connectivity index (χ2n) is 15.0. The van der Waals surface area contributed by atoms with E-state index in [1.165, 1.54) is 0 Å². The molecule has 1 unspecified atom stereocenters. The van der Waals surface area contributed by atoms with Crippen molar-refractivity contribution in [2.75, 3.05) is 31.5 Å². The molecule has 0 bridgehead atoms. The molecule has 272 valence electrons. The Bertz CT molecular complexity index is 2500. The average molecular weight is 720 g/mol. The molecule has 6 aromatic rings. The Morgan fingerprint density at radius 2 is 1.81 bits per heavy atom. The summed E-state index contributed by atoms with van der Waals surface area (Å²) in [5.41, 5.74) is 11.6. The van der Waals surface area contributed by atoms with Crippen LogP contribution in [0.4, 0.5) is 17.2 Å². The molecule has 0 saturated carbocycles. The lowest BCUT2D eigenvalue weighted by atomic mass is 9.93. The van der Waals surface area contributed by atoms with E-state index in [4.69, 9.17) is 21.0 Å². The van der Waals surface area contributed by atoms with Crippen LogP contribution in [0, 0.1) is 26.3 Å². The first-order chi connectivity index (χ1) is 26.2. The number of pyridine rings is 2. The van der Waals surface area contributed by atoms with Gasteiger partial charge in [0, 0.05) is 61.3 Å². The number of carbonyl (C=O) groups is 1. The number of aliphatic hydroxyl groups is 1. The predicted molar refractivity (Wildman–Crippen MR) is 208 cm³/mol. The Hall–Kier alpha value is -5.67. The maximum atomic E-state index is 11.7. The predicted octanol–water partition coefficient (Wildman–Crippen LogP) is 7.98. The van der Waals surface area contributed by atoms with Gasteiger partial charge in [-0.25, -0.2) is 14.8 Å². The van der Waals surface area contributed by atoms with Crippen LogP contribution in [0.2, 0.25) is 0 Å². The van der Waals surface area contributed by atoms with E-state index in [0.717, 1.165) is 100.0 Å². The lowest BCUT2D eigenvalue weighted by Crippen LogP contribution is -2.26. The molecule has 11 nitrogen and oxygen atoms in total. The Morgan fingerprint density at radius 3 is 2.59 bits per heavy atom. The van der Waals surface area contributed by atoms with Crippen LogP contribution in [0.3, 0.4) is 0 Å². The van der Waals surface area contributed by atoms with Crippen LogP contribution in [-0.2, 0) is 17.8 Å². The minimum absolute atomic E-state index is 0.0799. The van der Waals surface area contributed by atoms with Gasteiger partial charge in [-0.1, -0.05) is 24.3 Å². The molecule has 3 aromatic heterocycles. The molecular formula is C43H41N7O4. The second kappa shape index (κ2) is 13.6. The van der Waals surface area contributed by atoms with Crippen LogP contribution >= 0.6 is 0 Å². The van der Waals surface area contributed by atoms with Crippen molar-refractivity contribution < 1.29 is 19.4 Å².